The molecule has 1 aliphatic carbocycles. The molecule has 0 spiro atoms. The van der Waals surface area contributed by atoms with E-state index >= 15 is 0 Å². The van der Waals surface area contributed by atoms with Crippen molar-refractivity contribution in [1.29, 1.82) is 0 Å². The second-order valence-corrected chi connectivity index (χ2v) is 4.05. The molecule has 1 atom stereocenters. The first-order chi connectivity index (χ1) is 7.81. The summed E-state index contributed by atoms with van der Waals surface area (Å²) in [6.45, 7) is 0. The number of anilines is 1. The van der Waals surface area contributed by atoms with Crippen molar-refractivity contribution < 1.29 is 4.79 Å². The second kappa shape index (κ2) is 3.20. The van der Waals surface area contributed by atoms with Crippen LogP contribution in [-0.4, -0.2) is 6.29 Å². The third-order valence-corrected chi connectivity index (χ3v) is 3.13. The van der Waals surface area contributed by atoms with Gasteiger partial charge in [-0.2, -0.15) is 0 Å². The summed E-state index contributed by atoms with van der Waals surface area (Å²) in [4.78, 5) is 11.2. The van der Waals surface area contributed by atoms with Gasteiger partial charge in [0.05, 0.1) is 5.92 Å². The molecule has 2 aromatic carbocycles. The lowest BCUT2D eigenvalue weighted by Crippen LogP contribution is -1.97. The molecule has 1 unspecified atom stereocenters. The third-order valence-electron chi connectivity index (χ3n) is 3.13. The molecule has 0 saturated carbocycles. The fourth-order valence-corrected chi connectivity index (χ4v) is 2.41. The zero-order chi connectivity index (χ0) is 11.1. The topological polar surface area (TPSA) is 43.1 Å². The van der Waals surface area contributed by atoms with E-state index in [9.17, 15) is 4.79 Å². The van der Waals surface area contributed by atoms with Crippen molar-refractivity contribution in [3.05, 3.63) is 53.6 Å². The Bertz CT molecular complexity index is 575. The van der Waals surface area contributed by atoms with Crippen LogP contribution in [0.25, 0.3) is 11.1 Å². The van der Waals surface area contributed by atoms with Gasteiger partial charge in [0.2, 0.25) is 0 Å². The van der Waals surface area contributed by atoms with Gasteiger partial charge in [-0.05, 0) is 34.4 Å². The fourth-order valence-electron chi connectivity index (χ4n) is 2.41. The quantitative estimate of drug-likeness (QED) is 0.579. The Hall–Kier alpha value is -2.09. The molecule has 0 amide bonds. The van der Waals surface area contributed by atoms with Gasteiger partial charge in [0.25, 0.3) is 0 Å². The summed E-state index contributed by atoms with van der Waals surface area (Å²) in [6, 6.07) is 13.7. The first-order valence-electron chi connectivity index (χ1n) is 5.25. The predicted octanol–water partition coefficient (Wildman–Crippen LogP) is 2.58. The number of rotatable bonds is 1. The van der Waals surface area contributed by atoms with E-state index in [1.54, 1.807) is 0 Å². The van der Waals surface area contributed by atoms with Gasteiger partial charge >= 0.3 is 0 Å². The van der Waals surface area contributed by atoms with Gasteiger partial charge in [0.15, 0.2) is 0 Å². The van der Waals surface area contributed by atoms with Crippen LogP contribution >= 0.6 is 0 Å². The molecule has 0 aromatic heterocycles. The molecule has 0 saturated heterocycles. The van der Waals surface area contributed by atoms with Crippen LogP contribution in [0.5, 0.6) is 0 Å². The van der Waals surface area contributed by atoms with E-state index < -0.39 is 0 Å². The Morgan fingerprint density at radius 2 is 1.75 bits per heavy atom. The van der Waals surface area contributed by atoms with E-state index in [2.05, 4.69) is 0 Å². The highest BCUT2D eigenvalue weighted by Gasteiger charge is 2.27. The average molecular weight is 209 g/mol. The molecule has 2 nitrogen and oxygen atoms in total. The number of nitrogens with two attached hydrogens (primary N) is 1. The minimum Gasteiger partial charge on any atom is -0.399 e. The van der Waals surface area contributed by atoms with Crippen LogP contribution in [0.2, 0.25) is 0 Å². The highest BCUT2D eigenvalue weighted by molar-refractivity contribution is 5.88. The summed E-state index contributed by atoms with van der Waals surface area (Å²) in [5.41, 5.74) is 10.9. The average Bonchev–Trinajstić information content (AvgIpc) is 2.62. The normalized spacial score (nSPS) is 16.6. The zero-order valence-electron chi connectivity index (χ0n) is 8.68. The molecule has 0 aliphatic heterocycles. The first kappa shape index (κ1) is 9.16. The van der Waals surface area contributed by atoms with Crippen LogP contribution in [-0.2, 0) is 4.79 Å². The molecule has 2 N–H and O–H groups in total. The number of aldehydes is 1. The number of nitrogen functional groups attached to an aromatic ring is 1. The molecular formula is C14H11NO. The Kier molecular flexibility index (Phi) is 1.83. The van der Waals surface area contributed by atoms with E-state index in [0.29, 0.717) is 0 Å². The molecule has 0 fully saturated rings. The van der Waals surface area contributed by atoms with E-state index in [1.807, 2.05) is 42.5 Å². The van der Waals surface area contributed by atoms with Gasteiger partial charge in [-0.1, -0.05) is 30.3 Å². The van der Waals surface area contributed by atoms with Gasteiger partial charge < -0.3 is 10.5 Å². The van der Waals surface area contributed by atoms with Crippen molar-refractivity contribution in [2.75, 3.05) is 5.73 Å². The minimum absolute atomic E-state index is 0.133. The summed E-state index contributed by atoms with van der Waals surface area (Å²) < 4.78 is 0. The standard InChI is InChI=1S/C14H11NO/c15-9-5-6-12-13(7-9)10-3-1-2-4-11(10)14(12)8-16/h1-8,14H,15H2. The molecular weight excluding hydrogens is 198 g/mol. The van der Waals surface area contributed by atoms with Crippen LogP contribution in [0.3, 0.4) is 0 Å². The Morgan fingerprint density at radius 3 is 2.56 bits per heavy atom. The van der Waals surface area contributed by atoms with Crippen LogP contribution in [0.4, 0.5) is 5.69 Å². The van der Waals surface area contributed by atoms with Crippen molar-refractivity contribution in [2.24, 2.45) is 0 Å². The maximum absolute atomic E-state index is 11.2. The van der Waals surface area contributed by atoms with Crippen molar-refractivity contribution >= 4 is 12.0 Å². The number of carbonyl (C=O) groups excluding carboxylic acids is 1. The van der Waals surface area contributed by atoms with Crippen LogP contribution in [0, 0.1) is 0 Å². The van der Waals surface area contributed by atoms with Crippen molar-refractivity contribution in [3.8, 4) is 11.1 Å². The van der Waals surface area contributed by atoms with Crippen LogP contribution in [0.15, 0.2) is 42.5 Å². The highest BCUT2D eigenvalue weighted by atomic mass is 16.1. The lowest BCUT2D eigenvalue weighted by molar-refractivity contribution is -0.108. The zero-order valence-corrected chi connectivity index (χ0v) is 8.68. The summed E-state index contributed by atoms with van der Waals surface area (Å²) in [5, 5.41) is 0. The molecule has 0 heterocycles. The summed E-state index contributed by atoms with van der Waals surface area (Å²) >= 11 is 0. The number of benzene rings is 2. The lowest BCUT2D eigenvalue weighted by Gasteiger charge is -2.04. The molecule has 0 radical (unpaired) electrons. The summed E-state index contributed by atoms with van der Waals surface area (Å²) in [6.07, 6.45) is 1.00. The Labute approximate surface area is 93.7 Å². The number of hydrogen-bond acceptors (Lipinski definition) is 2. The number of carbonyl (C=O) groups is 1. The molecule has 3 rings (SSSR count). The van der Waals surface area contributed by atoms with Crippen LogP contribution in [0.1, 0.15) is 17.0 Å². The lowest BCUT2D eigenvalue weighted by atomic mass is 9.99. The first-order valence-corrected chi connectivity index (χ1v) is 5.25. The molecule has 16 heavy (non-hydrogen) atoms. The van der Waals surface area contributed by atoms with Gasteiger partial charge in [-0.25, -0.2) is 0 Å². The summed E-state index contributed by atoms with van der Waals surface area (Å²) in [5.74, 6) is -0.133. The molecule has 78 valence electrons. The van der Waals surface area contributed by atoms with Gasteiger partial charge in [-0.3, -0.25) is 0 Å². The fraction of sp³-hybridized carbons (Fsp3) is 0.0714. The Morgan fingerprint density at radius 1 is 1.00 bits per heavy atom. The maximum atomic E-state index is 11.2. The van der Waals surface area contributed by atoms with Gasteiger partial charge in [0.1, 0.15) is 6.29 Å². The monoisotopic (exact) mass is 209 g/mol. The van der Waals surface area contributed by atoms with Crippen molar-refractivity contribution in [2.45, 2.75) is 5.92 Å². The van der Waals surface area contributed by atoms with Gasteiger partial charge in [-0.15, -0.1) is 0 Å². The molecule has 2 heteroatoms. The van der Waals surface area contributed by atoms with E-state index in [1.165, 1.54) is 0 Å². The number of hydrogen-bond donors (Lipinski definition) is 1. The van der Waals surface area contributed by atoms with E-state index in [0.717, 1.165) is 34.2 Å². The Balaban J connectivity index is 2.34. The smallest absolute Gasteiger partial charge is 0.131 e. The molecule has 2 aromatic rings. The largest absolute Gasteiger partial charge is 0.399 e. The van der Waals surface area contributed by atoms with E-state index in [4.69, 9.17) is 5.73 Å². The predicted molar refractivity (Wildman–Crippen MR) is 64.2 cm³/mol. The van der Waals surface area contributed by atoms with Crippen LogP contribution < -0.4 is 5.73 Å². The highest BCUT2D eigenvalue weighted by Crippen LogP contribution is 2.44. The summed E-state index contributed by atoms with van der Waals surface area (Å²) in [7, 11) is 0. The third kappa shape index (κ3) is 1.10. The maximum Gasteiger partial charge on any atom is 0.131 e. The van der Waals surface area contributed by atoms with Crippen molar-refractivity contribution in [1.82, 2.24) is 0 Å². The minimum atomic E-state index is -0.133. The van der Waals surface area contributed by atoms with Gasteiger partial charge in [0, 0.05) is 5.69 Å². The molecule has 0 bridgehead atoms. The number of fused-ring (bicyclic) bond motifs is 3. The SMILES string of the molecule is Nc1ccc2c(c1)-c1ccccc1C2C=O. The second-order valence-electron chi connectivity index (χ2n) is 4.05. The van der Waals surface area contributed by atoms with E-state index in [-0.39, 0.29) is 5.92 Å². The molecule has 1 aliphatic rings. The van der Waals surface area contributed by atoms with Crippen molar-refractivity contribution in [3.63, 3.8) is 0 Å².